The molecule has 0 aromatic heterocycles. The molecule has 0 unspecified atom stereocenters. The lowest BCUT2D eigenvalue weighted by molar-refractivity contribution is 0.815. The number of hydrogen-bond acceptors (Lipinski definition) is 2. The molecule has 23 heavy (non-hydrogen) atoms. The number of rotatable bonds is 5. The molecule has 0 N–H and O–H groups in total. The first-order chi connectivity index (χ1) is 11.2. The maximum Gasteiger partial charge on any atom is 0.0168 e. The third-order valence-electron chi connectivity index (χ3n) is 3.55. The summed E-state index contributed by atoms with van der Waals surface area (Å²) < 4.78 is 0. The van der Waals surface area contributed by atoms with Gasteiger partial charge in [0.05, 0.1) is 0 Å². The Morgan fingerprint density at radius 3 is 1.39 bits per heavy atom. The Kier molecular flexibility index (Phi) is 5.47. The monoisotopic (exact) mass is 336 g/mol. The lowest BCUT2D eigenvalue weighted by atomic mass is 10.0. The summed E-state index contributed by atoms with van der Waals surface area (Å²) in [5, 5.41) is 0. The second-order valence-corrected chi connectivity index (χ2v) is 7.88. The zero-order valence-electron chi connectivity index (χ0n) is 13.4. The van der Waals surface area contributed by atoms with E-state index >= 15 is 0 Å². The summed E-state index contributed by atoms with van der Waals surface area (Å²) in [4.78, 5) is 5.28. The molecule has 0 aliphatic rings. The Labute approximate surface area is 147 Å². The van der Waals surface area contributed by atoms with Crippen LogP contribution in [0.25, 0.3) is 0 Å². The predicted molar refractivity (Wildman–Crippen MR) is 102 cm³/mol. The summed E-state index contributed by atoms with van der Waals surface area (Å²) in [5.41, 5.74) is 1.44. The van der Waals surface area contributed by atoms with Crippen LogP contribution >= 0.6 is 23.5 Å². The highest BCUT2D eigenvalue weighted by atomic mass is 32.2. The number of hydrogen-bond donors (Lipinski definition) is 0. The van der Waals surface area contributed by atoms with Gasteiger partial charge in [0.1, 0.15) is 0 Å². The van der Waals surface area contributed by atoms with Crippen molar-refractivity contribution in [2.45, 2.75) is 39.3 Å². The van der Waals surface area contributed by atoms with Crippen LogP contribution in [0.2, 0.25) is 0 Å². The SMILES string of the molecule is CC(C)c1c(Sc2ccccc2)cccc1Sc1ccccc1. The van der Waals surface area contributed by atoms with Gasteiger partial charge in [-0.15, -0.1) is 0 Å². The molecule has 3 aromatic rings. The smallest absolute Gasteiger partial charge is 0.0168 e. The van der Waals surface area contributed by atoms with Crippen LogP contribution in [0.1, 0.15) is 25.3 Å². The summed E-state index contributed by atoms with van der Waals surface area (Å²) in [6, 6.07) is 27.9. The average molecular weight is 337 g/mol. The van der Waals surface area contributed by atoms with Crippen molar-refractivity contribution in [3.05, 3.63) is 84.4 Å². The first kappa shape index (κ1) is 16.2. The van der Waals surface area contributed by atoms with Crippen molar-refractivity contribution < 1.29 is 0 Å². The van der Waals surface area contributed by atoms with Crippen LogP contribution in [0.5, 0.6) is 0 Å². The molecule has 0 nitrogen and oxygen atoms in total. The minimum Gasteiger partial charge on any atom is -0.0898 e. The van der Waals surface area contributed by atoms with E-state index in [0.29, 0.717) is 5.92 Å². The molecular formula is C21H20S2. The highest BCUT2D eigenvalue weighted by Crippen LogP contribution is 2.41. The Morgan fingerprint density at radius 1 is 0.565 bits per heavy atom. The van der Waals surface area contributed by atoms with Gasteiger partial charge in [0.2, 0.25) is 0 Å². The molecule has 3 aromatic carbocycles. The fourth-order valence-electron chi connectivity index (χ4n) is 2.50. The molecule has 0 heterocycles. The molecule has 0 amide bonds. The predicted octanol–water partition coefficient (Wildman–Crippen LogP) is 7.11. The molecule has 2 heteroatoms. The van der Waals surface area contributed by atoms with Gasteiger partial charge in [0, 0.05) is 19.6 Å². The van der Waals surface area contributed by atoms with Crippen molar-refractivity contribution in [2.75, 3.05) is 0 Å². The normalized spacial score (nSPS) is 10.9. The van der Waals surface area contributed by atoms with Crippen molar-refractivity contribution in [1.82, 2.24) is 0 Å². The lowest BCUT2D eigenvalue weighted by Crippen LogP contribution is -1.94. The fraction of sp³-hybridized carbons (Fsp3) is 0.143. The van der Waals surface area contributed by atoms with Gasteiger partial charge in [0.15, 0.2) is 0 Å². The third kappa shape index (κ3) is 4.21. The minimum absolute atomic E-state index is 0.494. The standard InChI is InChI=1S/C21H20S2/c1-16(2)21-19(22-17-10-5-3-6-11-17)14-9-15-20(21)23-18-12-7-4-8-13-18/h3-16H,1-2H3. The molecule has 0 fully saturated rings. The van der Waals surface area contributed by atoms with Crippen LogP contribution in [-0.2, 0) is 0 Å². The van der Waals surface area contributed by atoms with Gasteiger partial charge in [-0.3, -0.25) is 0 Å². The van der Waals surface area contributed by atoms with Crippen LogP contribution in [0.15, 0.2) is 98.4 Å². The van der Waals surface area contributed by atoms with E-state index < -0.39 is 0 Å². The van der Waals surface area contributed by atoms with Crippen LogP contribution in [0.3, 0.4) is 0 Å². The van der Waals surface area contributed by atoms with Gasteiger partial charge in [0.25, 0.3) is 0 Å². The molecule has 0 bridgehead atoms. The summed E-state index contributed by atoms with van der Waals surface area (Å²) in [6.45, 7) is 4.55. The average Bonchev–Trinajstić information content (AvgIpc) is 2.56. The molecule has 0 aliphatic heterocycles. The Morgan fingerprint density at radius 2 is 1.00 bits per heavy atom. The minimum atomic E-state index is 0.494. The van der Waals surface area contributed by atoms with Gasteiger partial charge in [-0.05, 0) is 47.9 Å². The zero-order chi connectivity index (χ0) is 16.1. The maximum absolute atomic E-state index is 2.28. The second-order valence-electron chi connectivity index (χ2n) is 5.65. The van der Waals surface area contributed by atoms with E-state index in [1.54, 1.807) is 0 Å². The van der Waals surface area contributed by atoms with Crippen LogP contribution in [-0.4, -0.2) is 0 Å². The summed E-state index contributed by atoms with van der Waals surface area (Å²) >= 11 is 3.71. The largest absolute Gasteiger partial charge is 0.0898 e. The summed E-state index contributed by atoms with van der Waals surface area (Å²) in [6.07, 6.45) is 0. The second kappa shape index (κ2) is 7.76. The van der Waals surface area contributed by atoms with Gasteiger partial charge in [-0.25, -0.2) is 0 Å². The van der Waals surface area contributed by atoms with Gasteiger partial charge < -0.3 is 0 Å². The van der Waals surface area contributed by atoms with Crippen LogP contribution < -0.4 is 0 Å². The van der Waals surface area contributed by atoms with Crippen molar-refractivity contribution in [3.63, 3.8) is 0 Å². The highest BCUT2D eigenvalue weighted by molar-refractivity contribution is 8.00. The van der Waals surface area contributed by atoms with Crippen LogP contribution in [0, 0.1) is 0 Å². The summed E-state index contributed by atoms with van der Waals surface area (Å²) in [7, 11) is 0. The Balaban J connectivity index is 1.95. The lowest BCUT2D eigenvalue weighted by Gasteiger charge is -2.17. The summed E-state index contributed by atoms with van der Waals surface area (Å²) in [5.74, 6) is 0.494. The molecule has 0 radical (unpaired) electrons. The quantitative estimate of drug-likeness (QED) is 0.487. The molecule has 0 saturated carbocycles. The van der Waals surface area contributed by atoms with Crippen LogP contribution in [0.4, 0.5) is 0 Å². The van der Waals surface area contributed by atoms with E-state index in [-0.39, 0.29) is 0 Å². The van der Waals surface area contributed by atoms with E-state index in [1.165, 1.54) is 25.1 Å². The van der Waals surface area contributed by atoms with Gasteiger partial charge in [-0.2, -0.15) is 0 Å². The molecule has 3 rings (SSSR count). The molecule has 0 atom stereocenters. The van der Waals surface area contributed by atoms with Gasteiger partial charge in [-0.1, -0.05) is 79.8 Å². The zero-order valence-corrected chi connectivity index (χ0v) is 15.0. The van der Waals surface area contributed by atoms with E-state index in [4.69, 9.17) is 0 Å². The van der Waals surface area contributed by atoms with E-state index in [0.717, 1.165) is 0 Å². The molecule has 116 valence electrons. The van der Waals surface area contributed by atoms with Crippen molar-refractivity contribution in [3.8, 4) is 0 Å². The molecule has 0 saturated heterocycles. The molecule has 0 aliphatic carbocycles. The van der Waals surface area contributed by atoms with Crippen molar-refractivity contribution in [2.24, 2.45) is 0 Å². The molecular weight excluding hydrogens is 316 g/mol. The molecule has 0 spiro atoms. The van der Waals surface area contributed by atoms with E-state index in [9.17, 15) is 0 Å². The first-order valence-corrected chi connectivity index (χ1v) is 9.46. The Hall–Kier alpha value is -1.64. The topological polar surface area (TPSA) is 0 Å². The first-order valence-electron chi connectivity index (χ1n) is 7.83. The van der Waals surface area contributed by atoms with Crippen molar-refractivity contribution >= 4 is 23.5 Å². The maximum atomic E-state index is 2.28. The third-order valence-corrected chi connectivity index (χ3v) is 5.71. The Bertz CT molecular complexity index is 690. The van der Waals surface area contributed by atoms with E-state index in [1.807, 2.05) is 23.5 Å². The van der Waals surface area contributed by atoms with Gasteiger partial charge >= 0.3 is 0 Å². The van der Waals surface area contributed by atoms with Crippen molar-refractivity contribution in [1.29, 1.82) is 0 Å². The highest BCUT2D eigenvalue weighted by Gasteiger charge is 2.14. The number of benzene rings is 3. The fourth-order valence-corrected chi connectivity index (χ4v) is 4.87. The van der Waals surface area contributed by atoms with E-state index in [2.05, 4.69) is 92.7 Å².